The van der Waals surface area contributed by atoms with E-state index in [-0.39, 0.29) is 12.6 Å². The standard InChI is InChI=1S/C14H26N4O/c1-4-6-12-13(15-8-5-2)16-10-17-14(12)18-11(3)7-9-19/h10-11,19H,4-9H2,1-3H3,(H2,15,16,17,18). The number of aromatic nitrogens is 2. The molecule has 5 heteroatoms. The van der Waals surface area contributed by atoms with Gasteiger partial charge in [-0.3, -0.25) is 0 Å². The maximum atomic E-state index is 8.97. The van der Waals surface area contributed by atoms with Gasteiger partial charge in [0.05, 0.1) is 0 Å². The second kappa shape index (κ2) is 8.69. The SMILES string of the molecule is CCCNc1ncnc(NC(C)CCO)c1CCC. The lowest BCUT2D eigenvalue weighted by Gasteiger charge is -2.18. The van der Waals surface area contributed by atoms with E-state index in [1.54, 1.807) is 6.33 Å². The van der Waals surface area contributed by atoms with Crippen molar-refractivity contribution in [3.05, 3.63) is 11.9 Å². The van der Waals surface area contributed by atoms with Crippen LogP contribution in [0.5, 0.6) is 0 Å². The van der Waals surface area contributed by atoms with E-state index in [0.717, 1.165) is 43.0 Å². The Kier molecular flexibility index (Phi) is 7.18. The van der Waals surface area contributed by atoms with Crippen molar-refractivity contribution < 1.29 is 5.11 Å². The fourth-order valence-corrected chi connectivity index (χ4v) is 1.92. The Balaban J connectivity index is 2.88. The molecule has 1 atom stereocenters. The molecule has 3 N–H and O–H groups in total. The summed E-state index contributed by atoms with van der Waals surface area (Å²) >= 11 is 0. The van der Waals surface area contributed by atoms with Gasteiger partial charge in [-0.2, -0.15) is 0 Å². The highest BCUT2D eigenvalue weighted by Gasteiger charge is 2.12. The normalized spacial score (nSPS) is 12.2. The minimum atomic E-state index is 0.184. The molecule has 1 heterocycles. The average molecular weight is 266 g/mol. The summed E-state index contributed by atoms with van der Waals surface area (Å²) in [5.41, 5.74) is 1.14. The maximum Gasteiger partial charge on any atom is 0.134 e. The van der Waals surface area contributed by atoms with Gasteiger partial charge in [-0.1, -0.05) is 20.3 Å². The lowest BCUT2D eigenvalue weighted by Crippen LogP contribution is -2.19. The van der Waals surface area contributed by atoms with E-state index in [1.165, 1.54) is 0 Å². The molecular weight excluding hydrogens is 240 g/mol. The molecular formula is C14H26N4O. The van der Waals surface area contributed by atoms with Crippen LogP contribution in [0.1, 0.15) is 45.6 Å². The van der Waals surface area contributed by atoms with Crippen molar-refractivity contribution in [2.45, 2.75) is 52.5 Å². The Hall–Kier alpha value is -1.36. The molecule has 1 aromatic rings. The molecule has 0 aliphatic carbocycles. The summed E-state index contributed by atoms with van der Waals surface area (Å²) in [6.45, 7) is 7.43. The van der Waals surface area contributed by atoms with Gasteiger partial charge in [0.2, 0.25) is 0 Å². The quantitative estimate of drug-likeness (QED) is 0.640. The molecule has 1 unspecified atom stereocenters. The molecule has 0 bridgehead atoms. The van der Waals surface area contributed by atoms with E-state index in [9.17, 15) is 0 Å². The number of anilines is 2. The van der Waals surface area contributed by atoms with Crippen molar-refractivity contribution in [2.24, 2.45) is 0 Å². The van der Waals surface area contributed by atoms with Crippen LogP contribution in [0.15, 0.2) is 6.33 Å². The van der Waals surface area contributed by atoms with Crippen molar-refractivity contribution in [1.82, 2.24) is 9.97 Å². The molecule has 19 heavy (non-hydrogen) atoms. The van der Waals surface area contributed by atoms with Crippen LogP contribution in [0.2, 0.25) is 0 Å². The number of aliphatic hydroxyl groups is 1. The third-order valence-corrected chi connectivity index (χ3v) is 2.93. The van der Waals surface area contributed by atoms with E-state index >= 15 is 0 Å². The van der Waals surface area contributed by atoms with Gasteiger partial charge in [0.25, 0.3) is 0 Å². The first-order valence-corrected chi connectivity index (χ1v) is 7.18. The summed E-state index contributed by atoms with van der Waals surface area (Å²) in [4.78, 5) is 8.68. The second-order valence-electron chi connectivity index (χ2n) is 4.78. The highest BCUT2D eigenvalue weighted by molar-refractivity contribution is 5.57. The molecule has 0 saturated heterocycles. The summed E-state index contributed by atoms with van der Waals surface area (Å²) < 4.78 is 0. The van der Waals surface area contributed by atoms with Gasteiger partial charge in [-0.25, -0.2) is 9.97 Å². The number of hydrogen-bond acceptors (Lipinski definition) is 5. The molecule has 0 aromatic carbocycles. The molecule has 0 amide bonds. The van der Waals surface area contributed by atoms with Crippen molar-refractivity contribution in [2.75, 3.05) is 23.8 Å². The molecule has 1 rings (SSSR count). The minimum absolute atomic E-state index is 0.184. The molecule has 0 aliphatic heterocycles. The fraction of sp³-hybridized carbons (Fsp3) is 0.714. The first-order chi connectivity index (χ1) is 9.22. The van der Waals surface area contributed by atoms with Crippen LogP contribution in [0.4, 0.5) is 11.6 Å². The van der Waals surface area contributed by atoms with Gasteiger partial charge in [0, 0.05) is 24.8 Å². The topological polar surface area (TPSA) is 70.1 Å². The number of nitrogens with zero attached hydrogens (tertiary/aromatic N) is 2. The van der Waals surface area contributed by atoms with E-state index in [1.807, 2.05) is 6.92 Å². The highest BCUT2D eigenvalue weighted by atomic mass is 16.3. The van der Waals surface area contributed by atoms with Gasteiger partial charge in [-0.15, -0.1) is 0 Å². The van der Waals surface area contributed by atoms with Gasteiger partial charge in [-0.05, 0) is 26.2 Å². The molecule has 0 aliphatic rings. The first-order valence-electron chi connectivity index (χ1n) is 7.18. The summed E-state index contributed by atoms with van der Waals surface area (Å²) in [6.07, 6.45) is 5.37. The Morgan fingerprint density at radius 3 is 2.58 bits per heavy atom. The van der Waals surface area contributed by atoms with E-state index in [4.69, 9.17) is 5.11 Å². The van der Waals surface area contributed by atoms with Crippen LogP contribution in [-0.4, -0.2) is 34.3 Å². The summed E-state index contributed by atoms with van der Waals surface area (Å²) in [7, 11) is 0. The van der Waals surface area contributed by atoms with Crippen molar-refractivity contribution in [3.8, 4) is 0 Å². The molecule has 0 saturated carbocycles. The van der Waals surface area contributed by atoms with Gasteiger partial charge >= 0.3 is 0 Å². The lowest BCUT2D eigenvalue weighted by atomic mass is 10.1. The van der Waals surface area contributed by atoms with Crippen molar-refractivity contribution >= 4 is 11.6 Å². The number of rotatable bonds is 9. The van der Waals surface area contributed by atoms with E-state index in [2.05, 4.69) is 34.4 Å². The highest BCUT2D eigenvalue weighted by Crippen LogP contribution is 2.22. The summed E-state index contributed by atoms with van der Waals surface area (Å²) in [5, 5.41) is 15.7. The zero-order valence-corrected chi connectivity index (χ0v) is 12.2. The summed E-state index contributed by atoms with van der Waals surface area (Å²) in [5.74, 6) is 1.81. The Morgan fingerprint density at radius 1 is 1.21 bits per heavy atom. The second-order valence-corrected chi connectivity index (χ2v) is 4.78. The zero-order chi connectivity index (χ0) is 14.1. The Labute approximate surface area is 115 Å². The number of aliphatic hydroxyl groups excluding tert-OH is 1. The predicted octanol–water partition coefficient (Wildman–Crippen LogP) is 2.43. The fourth-order valence-electron chi connectivity index (χ4n) is 1.92. The van der Waals surface area contributed by atoms with Crippen LogP contribution in [-0.2, 0) is 6.42 Å². The Bertz CT molecular complexity index is 370. The van der Waals surface area contributed by atoms with Gasteiger partial charge in [0.1, 0.15) is 18.0 Å². The monoisotopic (exact) mass is 266 g/mol. The molecule has 5 nitrogen and oxygen atoms in total. The van der Waals surface area contributed by atoms with E-state index in [0.29, 0.717) is 6.42 Å². The smallest absolute Gasteiger partial charge is 0.134 e. The molecule has 0 spiro atoms. The molecule has 0 fully saturated rings. The Morgan fingerprint density at radius 2 is 1.95 bits per heavy atom. The largest absolute Gasteiger partial charge is 0.396 e. The summed E-state index contributed by atoms with van der Waals surface area (Å²) in [6, 6.07) is 0.203. The van der Waals surface area contributed by atoms with Crippen LogP contribution < -0.4 is 10.6 Å². The van der Waals surface area contributed by atoms with Crippen LogP contribution in [0.25, 0.3) is 0 Å². The van der Waals surface area contributed by atoms with Crippen LogP contribution in [0.3, 0.4) is 0 Å². The first kappa shape index (κ1) is 15.7. The third-order valence-electron chi connectivity index (χ3n) is 2.93. The number of hydrogen-bond donors (Lipinski definition) is 3. The maximum absolute atomic E-state index is 8.97. The molecule has 108 valence electrons. The van der Waals surface area contributed by atoms with Gasteiger partial charge < -0.3 is 15.7 Å². The van der Waals surface area contributed by atoms with E-state index < -0.39 is 0 Å². The third kappa shape index (κ3) is 5.03. The minimum Gasteiger partial charge on any atom is -0.396 e. The van der Waals surface area contributed by atoms with Crippen LogP contribution in [0, 0.1) is 0 Å². The van der Waals surface area contributed by atoms with Crippen molar-refractivity contribution in [1.29, 1.82) is 0 Å². The molecule has 1 aromatic heterocycles. The van der Waals surface area contributed by atoms with Crippen molar-refractivity contribution in [3.63, 3.8) is 0 Å². The zero-order valence-electron chi connectivity index (χ0n) is 12.2. The number of nitrogens with one attached hydrogen (secondary N) is 2. The molecule has 0 radical (unpaired) electrons. The van der Waals surface area contributed by atoms with Gasteiger partial charge in [0.15, 0.2) is 0 Å². The average Bonchev–Trinajstić information content (AvgIpc) is 2.39. The predicted molar refractivity (Wildman–Crippen MR) is 79.6 cm³/mol. The van der Waals surface area contributed by atoms with Crippen LogP contribution >= 0.6 is 0 Å². The lowest BCUT2D eigenvalue weighted by molar-refractivity contribution is 0.282.